The van der Waals surface area contributed by atoms with Gasteiger partial charge in [-0.05, 0) is 63.3 Å². The monoisotopic (exact) mass is 467 g/mol. The topological polar surface area (TPSA) is 85.0 Å². The first-order valence-electron chi connectivity index (χ1n) is 13.1. The molecule has 0 bridgehead atoms. The Bertz CT molecular complexity index is 919. The molecular weight excluding hydrogens is 430 g/mol. The molecule has 184 valence electrons. The van der Waals surface area contributed by atoms with E-state index in [1.54, 1.807) is 0 Å². The quantitative estimate of drug-likeness (QED) is 0.694. The lowest BCUT2D eigenvalue weighted by Crippen LogP contribution is -2.41. The second-order valence-electron chi connectivity index (χ2n) is 10.2. The van der Waals surface area contributed by atoms with E-state index < -0.39 is 0 Å². The minimum atomic E-state index is 0.0188. The van der Waals surface area contributed by atoms with Crippen molar-refractivity contribution in [2.24, 2.45) is 11.8 Å². The van der Waals surface area contributed by atoms with Crippen LogP contribution in [0.2, 0.25) is 0 Å². The van der Waals surface area contributed by atoms with Crippen molar-refractivity contribution >= 4 is 29.1 Å². The number of carbonyl (C=O) groups is 3. The summed E-state index contributed by atoms with van der Waals surface area (Å²) in [7, 11) is 0. The van der Waals surface area contributed by atoms with E-state index >= 15 is 0 Å². The third-order valence-electron chi connectivity index (χ3n) is 7.68. The summed E-state index contributed by atoms with van der Waals surface area (Å²) in [6, 6.07) is 5.73. The number of nitrogens with one attached hydrogen (secondary N) is 2. The van der Waals surface area contributed by atoms with Crippen molar-refractivity contribution in [3.05, 3.63) is 23.8 Å². The fourth-order valence-corrected chi connectivity index (χ4v) is 5.15. The molecule has 0 spiro atoms. The molecule has 4 aliphatic rings. The zero-order valence-electron chi connectivity index (χ0n) is 20.1. The van der Waals surface area contributed by atoms with Crippen molar-refractivity contribution in [3.8, 4) is 0 Å². The van der Waals surface area contributed by atoms with Gasteiger partial charge in [-0.1, -0.05) is 6.42 Å². The van der Waals surface area contributed by atoms with Gasteiger partial charge in [-0.3, -0.25) is 14.4 Å². The summed E-state index contributed by atoms with van der Waals surface area (Å²) in [6.07, 6.45) is 6.93. The van der Waals surface area contributed by atoms with Gasteiger partial charge in [-0.15, -0.1) is 0 Å². The average Bonchev–Trinajstić information content (AvgIpc) is 3.66. The summed E-state index contributed by atoms with van der Waals surface area (Å²) >= 11 is 0. The minimum absolute atomic E-state index is 0.0188. The Balaban J connectivity index is 1.34. The molecule has 1 aromatic carbocycles. The number of benzene rings is 1. The fourth-order valence-electron chi connectivity index (χ4n) is 5.15. The highest BCUT2D eigenvalue weighted by Crippen LogP contribution is 2.34. The van der Waals surface area contributed by atoms with Crippen molar-refractivity contribution in [2.45, 2.75) is 44.9 Å². The first-order valence-corrected chi connectivity index (χ1v) is 13.1. The molecule has 0 unspecified atom stereocenters. The van der Waals surface area contributed by atoms with Crippen LogP contribution < -0.4 is 15.5 Å². The molecule has 0 aromatic heterocycles. The van der Waals surface area contributed by atoms with Crippen LogP contribution in [-0.4, -0.2) is 79.9 Å². The Kier molecular flexibility index (Phi) is 7.04. The van der Waals surface area contributed by atoms with Crippen LogP contribution in [-0.2, 0) is 9.59 Å². The van der Waals surface area contributed by atoms with Gasteiger partial charge in [0.25, 0.3) is 5.91 Å². The SMILES string of the molecule is O=C(Nc1cc(C(=O)N2CCCNCC2)ccc1N1CCCN(C(=O)C2CCC2)CC1)C1CC1. The van der Waals surface area contributed by atoms with Crippen LogP contribution in [0.15, 0.2) is 18.2 Å². The Hall–Kier alpha value is -2.61. The molecule has 0 radical (unpaired) electrons. The van der Waals surface area contributed by atoms with Crippen LogP contribution >= 0.6 is 0 Å². The van der Waals surface area contributed by atoms with Gasteiger partial charge < -0.3 is 25.3 Å². The highest BCUT2D eigenvalue weighted by molar-refractivity contribution is 6.01. The smallest absolute Gasteiger partial charge is 0.253 e. The Morgan fingerprint density at radius 3 is 2.38 bits per heavy atom. The maximum absolute atomic E-state index is 13.2. The van der Waals surface area contributed by atoms with Crippen molar-refractivity contribution < 1.29 is 14.4 Å². The van der Waals surface area contributed by atoms with Crippen LogP contribution in [0.25, 0.3) is 0 Å². The van der Waals surface area contributed by atoms with Gasteiger partial charge in [0, 0.05) is 63.2 Å². The first kappa shape index (κ1) is 23.1. The molecule has 8 heteroatoms. The van der Waals surface area contributed by atoms with Crippen molar-refractivity contribution in [1.29, 1.82) is 0 Å². The summed E-state index contributed by atoms with van der Waals surface area (Å²) < 4.78 is 0. The average molecular weight is 468 g/mol. The van der Waals surface area contributed by atoms with E-state index in [1.165, 1.54) is 6.42 Å². The minimum Gasteiger partial charge on any atom is -0.368 e. The molecule has 2 heterocycles. The van der Waals surface area contributed by atoms with E-state index in [4.69, 9.17) is 0 Å². The van der Waals surface area contributed by atoms with E-state index in [0.29, 0.717) is 24.6 Å². The second-order valence-corrected chi connectivity index (χ2v) is 10.2. The Morgan fingerprint density at radius 2 is 1.62 bits per heavy atom. The number of anilines is 2. The number of hydrogen-bond donors (Lipinski definition) is 2. The third kappa shape index (κ3) is 5.22. The van der Waals surface area contributed by atoms with Gasteiger partial charge in [0.15, 0.2) is 0 Å². The van der Waals surface area contributed by atoms with Crippen molar-refractivity contribution in [2.75, 3.05) is 62.6 Å². The highest BCUT2D eigenvalue weighted by Gasteiger charge is 2.32. The molecule has 2 aliphatic carbocycles. The number of amides is 3. The predicted molar refractivity (Wildman–Crippen MR) is 132 cm³/mol. The van der Waals surface area contributed by atoms with Gasteiger partial charge >= 0.3 is 0 Å². The molecule has 2 aliphatic heterocycles. The zero-order valence-corrected chi connectivity index (χ0v) is 20.1. The molecule has 4 fully saturated rings. The van der Waals surface area contributed by atoms with E-state index in [1.807, 2.05) is 28.0 Å². The molecule has 1 aromatic rings. The van der Waals surface area contributed by atoms with Crippen molar-refractivity contribution in [1.82, 2.24) is 15.1 Å². The fraction of sp³-hybridized carbons (Fsp3) is 0.654. The first-order chi connectivity index (χ1) is 16.6. The van der Waals surface area contributed by atoms with Gasteiger partial charge in [0.05, 0.1) is 11.4 Å². The van der Waals surface area contributed by atoms with Crippen LogP contribution in [0, 0.1) is 11.8 Å². The maximum atomic E-state index is 13.2. The lowest BCUT2D eigenvalue weighted by Gasteiger charge is -2.31. The normalized spacial score (nSPS) is 21.9. The van der Waals surface area contributed by atoms with Crippen LogP contribution in [0.4, 0.5) is 11.4 Å². The lowest BCUT2D eigenvalue weighted by atomic mass is 9.84. The van der Waals surface area contributed by atoms with Gasteiger partial charge in [-0.2, -0.15) is 0 Å². The van der Waals surface area contributed by atoms with Gasteiger partial charge in [0.2, 0.25) is 11.8 Å². The van der Waals surface area contributed by atoms with E-state index in [9.17, 15) is 14.4 Å². The second kappa shape index (κ2) is 10.3. The highest BCUT2D eigenvalue weighted by atomic mass is 16.2. The number of carbonyl (C=O) groups excluding carboxylic acids is 3. The largest absolute Gasteiger partial charge is 0.368 e. The van der Waals surface area contributed by atoms with Crippen molar-refractivity contribution in [3.63, 3.8) is 0 Å². The molecule has 8 nitrogen and oxygen atoms in total. The number of rotatable bonds is 5. The van der Waals surface area contributed by atoms with Gasteiger partial charge in [-0.25, -0.2) is 0 Å². The van der Waals surface area contributed by atoms with E-state index in [0.717, 1.165) is 89.2 Å². The summed E-state index contributed by atoms with van der Waals surface area (Å²) in [5.41, 5.74) is 2.28. The Morgan fingerprint density at radius 1 is 0.794 bits per heavy atom. The third-order valence-corrected chi connectivity index (χ3v) is 7.68. The molecule has 2 saturated carbocycles. The molecule has 5 rings (SSSR count). The standard InChI is InChI=1S/C26H37N5O3/c32-24(19-6-7-19)28-22-18-21(26(34)30-12-2-10-27-11-15-30)8-9-23(22)29-13-3-14-31(17-16-29)25(33)20-4-1-5-20/h8-9,18-20,27H,1-7,10-17H2,(H,28,32). The molecule has 0 atom stereocenters. The number of hydrogen-bond acceptors (Lipinski definition) is 5. The predicted octanol–water partition coefficient (Wildman–Crippen LogP) is 2.31. The summed E-state index contributed by atoms with van der Waals surface area (Å²) in [5, 5.41) is 6.47. The van der Waals surface area contributed by atoms with E-state index in [-0.39, 0.29) is 23.7 Å². The molecule has 2 saturated heterocycles. The molecule has 2 N–H and O–H groups in total. The van der Waals surface area contributed by atoms with E-state index in [2.05, 4.69) is 15.5 Å². The van der Waals surface area contributed by atoms with Crippen LogP contribution in [0.3, 0.4) is 0 Å². The lowest BCUT2D eigenvalue weighted by molar-refractivity contribution is -0.137. The van der Waals surface area contributed by atoms with Crippen LogP contribution in [0.1, 0.15) is 55.3 Å². The van der Waals surface area contributed by atoms with Gasteiger partial charge in [0.1, 0.15) is 0 Å². The summed E-state index contributed by atoms with van der Waals surface area (Å²) in [5.74, 6) is 0.679. The summed E-state index contributed by atoms with van der Waals surface area (Å²) in [6.45, 7) is 6.22. The molecule has 3 amide bonds. The Labute approximate surface area is 202 Å². The molecule has 34 heavy (non-hydrogen) atoms. The number of nitrogens with zero attached hydrogens (tertiary/aromatic N) is 3. The molecular formula is C26H37N5O3. The zero-order chi connectivity index (χ0) is 23.5. The maximum Gasteiger partial charge on any atom is 0.253 e. The van der Waals surface area contributed by atoms with Crippen LogP contribution in [0.5, 0.6) is 0 Å². The summed E-state index contributed by atoms with van der Waals surface area (Å²) in [4.78, 5) is 44.9.